The molecule has 0 saturated heterocycles. The quantitative estimate of drug-likeness (QED) is 0.880. The van der Waals surface area contributed by atoms with E-state index >= 15 is 0 Å². The van der Waals surface area contributed by atoms with Gasteiger partial charge in [-0.2, -0.15) is 0 Å². The Bertz CT molecular complexity index is 638. The summed E-state index contributed by atoms with van der Waals surface area (Å²) in [7, 11) is 0. The molecule has 0 fully saturated rings. The third-order valence-corrected chi connectivity index (χ3v) is 3.58. The van der Waals surface area contributed by atoms with E-state index in [-0.39, 0.29) is 12.3 Å². The monoisotopic (exact) mass is 311 g/mol. The van der Waals surface area contributed by atoms with Crippen LogP contribution < -0.4 is 5.32 Å². The van der Waals surface area contributed by atoms with Gasteiger partial charge in [-0.15, -0.1) is 0 Å². The summed E-state index contributed by atoms with van der Waals surface area (Å²) in [5.74, 6) is -0.699. The molecular formula is C15H12Cl2FNO. The summed E-state index contributed by atoms with van der Waals surface area (Å²) in [6.45, 7) is 1.79. The minimum absolute atomic E-state index is 0.0362. The molecule has 0 atom stereocenters. The molecule has 0 heterocycles. The predicted molar refractivity (Wildman–Crippen MR) is 79.9 cm³/mol. The number of carbonyl (C=O) groups excluding carboxylic acids is 1. The average molecular weight is 312 g/mol. The van der Waals surface area contributed by atoms with Crippen molar-refractivity contribution in [3.05, 3.63) is 63.4 Å². The van der Waals surface area contributed by atoms with Crippen molar-refractivity contribution in [1.82, 2.24) is 0 Å². The Morgan fingerprint density at radius 3 is 2.50 bits per heavy atom. The van der Waals surface area contributed by atoms with E-state index in [0.29, 0.717) is 21.3 Å². The molecule has 2 nitrogen and oxygen atoms in total. The molecule has 0 bridgehead atoms. The van der Waals surface area contributed by atoms with Crippen molar-refractivity contribution in [2.24, 2.45) is 0 Å². The van der Waals surface area contributed by atoms with Crippen LogP contribution in [0.15, 0.2) is 36.4 Å². The third kappa shape index (κ3) is 3.50. The maximum Gasteiger partial charge on any atom is 0.228 e. The highest BCUT2D eigenvalue weighted by Gasteiger charge is 2.12. The average Bonchev–Trinajstić information content (AvgIpc) is 2.38. The van der Waals surface area contributed by atoms with Crippen molar-refractivity contribution in [3.8, 4) is 0 Å². The van der Waals surface area contributed by atoms with Gasteiger partial charge in [0.25, 0.3) is 0 Å². The van der Waals surface area contributed by atoms with E-state index in [1.807, 2.05) is 0 Å². The molecule has 0 unspecified atom stereocenters. The van der Waals surface area contributed by atoms with Crippen LogP contribution in [0.1, 0.15) is 11.1 Å². The maximum absolute atomic E-state index is 13.2. The van der Waals surface area contributed by atoms with Crippen LogP contribution in [0.2, 0.25) is 10.0 Å². The Morgan fingerprint density at radius 2 is 1.85 bits per heavy atom. The molecule has 0 spiro atoms. The normalized spacial score (nSPS) is 10.4. The highest BCUT2D eigenvalue weighted by molar-refractivity contribution is 6.36. The van der Waals surface area contributed by atoms with Gasteiger partial charge in [0.05, 0.1) is 6.42 Å². The Balaban J connectivity index is 2.15. The number of hydrogen-bond donors (Lipinski definition) is 1. The van der Waals surface area contributed by atoms with Gasteiger partial charge in [0, 0.05) is 15.7 Å². The molecule has 20 heavy (non-hydrogen) atoms. The van der Waals surface area contributed by atoms with Gasteiger partial charge in [0.1, 0.15) is 5.82 Å². The van der Waals surface area contributed by atoms with Crippen molar-refractivity contribution < 1.29 is 9.18 Å². The molecule has 0 saturated carbocycles. The largest absolute Gasteiger partial charge is 0.325 e. The standard InChI is InChI=1S/C15H12Cl2FNO/c1-9-5-6-10(18)7-14(9)19-15(20)8-11-12(16)3-2-4-13(11)17/h2-7H,8H2,1H3,(H,19,20). The Labute approximate surface area is 126 Å². The second-order valence-corrected chi connectivity index (χ2v) is 5.20. The lowest BCUT2D eigenvalue weighted by atomic mass is 10.1. The fourth-order valence-electron chi connectivity index (χ4n) is 1.79. The number of amides is 1. The summed E-state index contributed by atoms with van der Waals surface area (Å²) >= 11 is 12.0. The summed E-state index contributed by atoms with van der Waals surface area (Å²) in [6, 6.07) is 9.28. The van der Waals surface area contributed by atoms with Crippen molar-refractivity contribution >= 4 is 34.8 Å². The van der Waals surface area contributed by atoms with Gasteiger partial charge in [-0.3, -0.25) is 4.79 Å². The first-order chi connectivity index (χ1) is 9.47. The van der Waals surface area contributed by atoms with E-state index in [1.54, 1.807) is 31.2 Å². The van der Waals surface area contributed by atoms with Crippen molar-refractivity contribution in [2.45, 2.75) is 13.3 Å². The van der Waals surface area contributed by atoms with Gasteiger partial charge in [-0.05, 0) is 42.3 Å². The fraction of sp³-hybridized carbons (Fsp3) is 0.133. The number of halogens is 3. The Hall–Kier alpha value is -1.58. The summed E-state index contributed by atoms with van der Waals surface area (Å²) in [5, 5.41) is 3.53. The van der Waals surface area contributed by atoms with Gasteiger partial charge in [0.2, 0.25) is 5.91 Å². The molecule has 2 aromatic rings. The molecular weight excluding hydrogens is 300 g/mol. The number of carbonyl (C=O) groups is 1. The summed E-state index contributed by atoms with van der Waals surface area (Å²) < 4.78 is 13.2. The van der Waals surface area contributed by atoms with E-state index < -0.39 is 5.82 Å². The lowest BCUT2D eigenvalue weighted by Gasteiger charge is -2.10. The minimum Gasteiger partial charge on any atom is -0.325 e. The number of aryl methyl sites for hydroxylation is 1. The summed E-state index contributed by atoms with van der Waals surface area (Å²) in [5.41, 5.74) is 1.78. The third-order valence-electron chi connectivity index (χ3n) is 2.87. The second kappa shape index (κ2) is 6.25. The fourth-order valence-corrected chi connectivity index (χ4v) is 2.32. The highest BCUT2D eigenvalue weighted by Crippen LogP contribution is 2.25. The number of nitrogens with one attached hydrogen (secondary N) is 1. The molecule has 2 rings (SSSR count). The van der Waals surface area contributed by atoms with Crippen LogP contribution in [0.4, 0.5) is 10.1 Å². The molecule has 0 aliphatic rings. The van der Waals surface area contributed by atoms with Crippen LogP contribution in [-0.4, -0.2) is 5.91 Å². The van der Waals surface area contributed by atoms with E-state index in [0.717, 1.165) is 5.56 Å². The molecule has 0 aliphatic heterocycles. The first-order valence-electron chi connectivity index (χ1n) is 5.96. The van der Waals surface area contributed by atoms with Crippen molar-refractivity contribution in [2.75, 3.05) is 5.32 Å². The summed E-state index contributed by atoms with van der Waals surface area (Å²) in [4.78, 5) is 12.0. The summed E-state index contributed by atoms with van der Waals surface area (Å²) in [6.07, 6.45) is 0.0362. The van der Waals surface area contributed by atoms with Crippen molar-refractivity contribution in [3.63, 3.8) is 0 Å². The van der Waals surface area contributed by atoms with Crippen LogP contribution in [0.3, 0.4) is 0 Å². The number of hydrogen-bond acceptors (Lipinski definition) is 1. The highest BCUT2D eigenvalue weighted by atomic mass is 35.5. The van der Waals surface area contributed by atoms with Crippen LogP contribution in [-0.2, 0) is 11.2 Å². The van der Waals surface area contributed by atoms with E-state index in [9.17, 15) is 9.18 Å². The van der Waals surface area contributed by atoms with Crippen LogP contribution >= 0.6 is 23.2 Å². The first-order valence-corrected chi connectivity index (χ1v) is 6.72. The number of benzene rings is 2. The zero-order valence-electron chi connectivity index (χ0n) is 10.7. The number of anilines is 1. The Morgan fingerprint density at radius 1 is 1.20 bits per heavy atom. The van der Waals surface area contributed by atoms with E-state index in [4.69, 9.17) is 23.2 Å². The first kappa shape index (κ1) is 14.8. The van der Waals surface area contributed by atoms with Crippen LogP contribution in [0.25, 0.3) is 0 Å². The van der Waals surface area contributed by atoms with Crippen LogP contribution in [0.5, 0.6) is 0 Å². The zero-order chi connectivity index (χ0) is 14.7. The molecule has 5 heteroatoms. The van der Waals surface area contributed by atoms with Gasteiger partial charge in [0.15, 0.2) is 0 Å². The molecule has 104 valence electrons. The van der Waals surface area contributed by atoms with Crippen molar-refractivity contribution in [1.29, 1.82) is 0 Å². The zero-order valence-corrected chi connectivity index (χ0v) is 12.2. The lowest BCUT2D eigenvalue weighted by molar-refractivity contribution is -0.115. The molecule has 1 amide bonds. The Kier molecular flexibility index (Phi) is 4.63. The maximum atomic E-state index is 13.2. The van der Waals surface area contributed by atoms with E-state index in [2.05, 4.69) is 5.32 Å². The molecule has 2 aromatic carbocycles. The minimum atomic E-state index is -0.401. The molecule has 0 aliphatic carbocycles. The smallest absolute Gasteiger partial charge is 0.228 e. The van der Waals surface area contributed by atoms with Gasteiger partial charge >= 0.3 is 0 Å². The number of rotatable bonds is 3. The van der Waals surface area contributed by atoms with Crippen LogP contribution in [0, 0.1) is 12.7 Å². The topological polar surface area (TPSA) is 29.1 Å². The molecule has 0 radical (unpaired) electrons. The van der Waals surface area contributed by atoms with Gasteiger partial charge in [-0.1, -0.05) is 35.3 Å². The molecule has 0 aromatic heterocycles. The van der Waals surface area contributed by atoms with Gasteiger partial charge < -0.3 is 5.32 Å². The van der Waals surface area contributed by atoms with Gasteiger partial charge in [-0.25, -0.2) is 4.39 Å². The van der Waals surface area contributed by atoms with E-state index in [1.165, 1.54) is 12.1 Å². The molecule has 1 N–H and O–H groups in total. The second-order valence-electron chi connectivity index (χ2n) is 4.38. The predicted octanol–water partition coefficient (Wildman–Crippen LogP) is 4.62. The lowest BCUT2D eigenvalue weighted by Crippen LogP contribution is -2.15. The SMILES string of the molecule is Cc1ccc(F)cc1NC(=O)Cc1c(Cl)cccc1Cl.